The molecular weight excluding hydrogens is 260 g/mol. The van der Waals surface area contributed by atoms with Crippen LogP contribution in [0.15, 0.2) is 0 Å². The van der Waals surface area contributed by atoms with Crippen LogP contribution in [0.25, 0.3) is 0 Å². The van der Waals surface area contributed by atoms with Crippen LogP contribution >= 0.6 is 0 Å². The molecule has 0 aromatic rings. The lowest BCUT2D eigenvalue weighted by Crippen LogP contribution is -2.30. The molecule has 0 amide bonds. The minimum atomic E-state index is 0.875. The Morgan fingerprint density at radius 1 is 1.00 bits per heavy atom. The number of nitrogens with zero attached hydrogens (tertiary/aromatic N) is 1. The van der Waals surface area contributed by atoms with Gasteiger partial charge in [0.05, 0.1) is 6.61 Å². The molecule has 0 aromatic heterocycles. The molecule has 0 spiro atoms. The van der Waals surface area contributed by atoms with Crippen molar-refractivity contribution in [2.24, 2.45) is 11.8 Å². The summed E-state index contributed by atoms with van der Waals surface area (Å²) >= 11 is 0. The predicted molar refractivity (Wildman–Crippen MR) is 91.8 cm³/mol. The summed E-state index contributed by atoms with van der Waals surface area (Å²) in [5, 5.41) is 3.48. The fourth-order valence-corrected chi connectivity index (χ4v) is 3.09. The third-order valence-corrected chi connectivity index (χ3v) is 4.73. The summed E-state index contributed by atoms with van der Waals surface area (Å²) in [7, 11) is 1.81. The van der Waals surface area contributed by atoms with Crippen molar-refractivity contribution >= 4 is 0 Å². The molecule has 0 aromatic carbocycles. The number of unbranched alkanes of at least 4 members (excludes halogenated alkanes) is 4. The summed E-state index contributed by atoms with van der Waals surface area (Å²) < 4.78 is 5.26. The van der Waals surface area contributed by atoms with E-state index < -0.39 is 0 Å². The first-order chi connectivity index (χ1) is 10.3. The Morgan fingerprint density at radius 2 is 1.81 bits per heavy atom. The molecular formula is C18H38N2O. The maximum Gasteiger partial charge on any atom is 0.0589 e. The van der Waals surface area contributed by atoms with Crippen molar-refractivity contribution in [3.63, 3.8) is 0 Å². The van der Waals surface area contributed by atoms with Crippen LogP contribution in [0.2, 0.25) is 0 Å². The third kappa shape index (κ3) is 9.49. The van der Waals surface area contributed by atoms with Gasteiger partial charge in [-0.15, -0.1) is 0 Å². The smallest absolute Gasteiger partial charge is 0.0589 e. The molecule has 0 saturated heterocycles. The van der Waals surface area contributed by atoms with E-state index in [4.69, 9.17) is 4.74 Å². The Kier molecular flexibility index (Phi) is 11.2. The van der Waals surface area contributed by atoms with Crippen LogP contribution in [-0.4, -0.2) is 51.3 Å². The van der Waals surface area contributed by atoms with E-state index in [2.05, 4.69) is 24.1 Å². The van der Waals surface area contributed by atoms with Gasteiger partial charge in [0.25, 0.3) is 0 Å². The summed E-state index contributed by atoms with van der Waals surface area (Å²) in [5.41, 5.74) is 0. The van der Waals surface area contributed by atoms with Gasteiger partial charge in [0.2, 0.25) is 0 Å². The lowest BCUT2D eigenvalue weighted by molar-refractivity contribution is 0.144. The zero-order valence-corrected chi connectivity index (χ0v) is 14.7. The summed E-state index contributed by atoms with van der Waals surface area (Å²) in [6.07, 6.45) is 9.71. The second kappa shape index (κ2) is 12.4. The van der Waals surface area contributed by atoms with E-state index in [1.165, 1.54) is 64.6 Å². The fraction of sp³-hybridized carbons (Fsp3) is 1.00. The van der Waals surface area contributed by atoms with Gasteiger partial charge >= 0.3 is 0 Å². The van der Waals surface area contributed by atoms with E-state index >= 15 is 0 Å². The van der Waals surface area contributed by atoms with Crippen molar-refractivity contribution in [3.05, 3.63) is 0 Å². The molecule has 2 atom stereocenters. The Morgan fingerprint density at radius 3 is 2.52 bits per heavy atom. The van der Waals surface area contributed by atoms with Gasteiger partial charge in [-0.25, -0.2) is 0 Å². The van der Waals surface area contributed by atoms with Crippen LogP contribution in [0.3, 0.4) is 0 Å². The fourth-order valence-electron chi connectivity index (χ4n) is 3.09. The minimum Gasteiger partial charge on any atom is -0.383 e. The molecule has 0 aliphatic heterocycles. The van der Waals surface area contributed by atoms with Gasteiger partial charge in [-0.2, -0.15) is 0 Å². The van der Waals surface area contributed by atoms with Crippen LogP contribution in [0, 0.1) is 11.8 Å². The molecule has 0 bridgehead atoms. The Bertz CT molecular complexity index is 235. The highest BCUT2D eigenvalue weighted by atomic mass is 16.5. The molecule has 2 unspecified atom stereocenters. The van der Waals surface area contributed by atoms with Gasteiger partial charge < -0.3 is 15.0 Å². The minimum absolute atomic E-state index is 0.875. The zero-order chi connectivity index (χ0) is 15.3. The number of nitrogens with one attached hydrogen (secondary N) is 1. The highest BCUT2D eigenvalue weighted by Gasteiger charge is 2.35. The first-order valence-corrected chi connectivity index (χ1v) is 9.23. The second-order valence-electron chi connectivity index (χ2n) is 6.60. The molecule has 1 fully saturated rings. The van der Waals surface area contributed by atoms with Gasteiger partial charge in [0.1, 0.15) is 0 Å². The summed E-state index contributed by atoms with van der Waals surface area (Å²) in [6.45, 7) is 11.3. The van der Waals surface area contributed by atoms with E-state index in [0.717, 1.165) is 31.5 Å². The standard InChI is InChI=1S/C18H38N2O/c1-4-6-7-8-9-11-20(13-14-21-3)12-10-17-15-18(17)16-19-5-2/h17-19H,4-16H2,1-3H3. The molecule has 1 aliphatic carbocycles. The topological polar surface area (TPSA) is 24.5 Å². The van der Waals surface area contributed by atoms with Crippen LogP contribution in [0.4, 0.5) is 0 Å². The van der Waals surface area contributed by atoms with E-state index in [-0.39, 0.29) is 0 Å². The van der Waals surface area contributed by atoms with E-state index in [1.807, 2.05) is 7.11 Å². The SMILES string of the molecule is CCCCCCCN(CCOC)CCC1CC1CNCC. The molecule has 126 valence electrons. The molecule has 21 heavy (non-hydrogen) atoms. The summed E-state index contributed by atoms with van der Waals surface area (Å²) in [6, 6.07) is 0. The molecule has 3 nitrogen and oxygen atoms in total. The zero-order valence-electron chi connectivity index (χ0n) is 14.7. The molecule has 3 heteroatoms. The summed E-state index contributed by atoms with van der Waals surface area (Å²) in [4.78, 5) is 2.62. The first-order valence-electron chi connectivity index (χ1n) is 9.23. The van der Waals surface area contributed by atoms with Gasteiger partial charge in [0, 0.05) is 13.7 Å². The molecule has 1 aliphatic rings. The van der Waals surface area contributed by atoms with Gasteiger partial charge in [-0.3, -0.25) is 0 Å². The Labute approximate surface area is 132 Å². The average molecular weight is 299 g/mol. The molecule has 0 radical (unpaired) electrons. The number of hydrogen-bond acceptors (Lipinski definition) is 3. The van der Waals surface area contributed by atoms with Crippen molar-refractivity contribution in [3.8, 4) is 0 Å². The lowest BCUT2D eigenvalue weighted by atomic mass is 10.1. The van der Waals surface area contributed by atoms with Crippen molar-refractivity contribution in [1.82, 2.24) is 10.2 Å². The second-order valence-corrected chi connectivity index (χ2v) is 6.60. The van der Waals surface area contributed by atoms with Gasteiger partial charge in [0.15, 0.2) is 0 Å². The number of methoxy groups -OCH3 is 1. The molecule has 1 saturated carbocycles. The van der Waals surface area contributed by atoms with E-state index in [9.17, 15) is 0 Å². The molecule has 0 heterocycles. The molecule has 1 rings (SSSR count). The van der Waals surface area contributed by atoms with Crippen LogP contribution < -0.4 is 5.32 Å². The maximum atomic E-state index is 5.26. The highest BCUT2D eigenvalue weighted by Crippen LogP contribution is 2.40. The van der Waals surface area contributed by atoms with Crippen molar-refractivity contribution in [1.29, 1.82) is 0 Å². The van der Waals surface area contributed by atoms with Gasteiger partial charge in [-0.05, 0) is 57.3 Å². The number of rotatable bonds is 15. The van der Waals surface area contributed by atoms with Gasteiger partial charge in [-0.1, -0.05) is 39.5 Å². The average Bonchev–Trinajstić information content (AvgIpc) is 3.25. The summed E-state index contributed by atoms with van der Waals surface area (Å²) in [5.74, 6) is 1.94. The van der Waals surface area contributed by atoms with Crippen LogP contribution in [0.5, 0.6) is 0 Å². The number of ether oxygens (including phenoxy) is 1. The largest absolute Gasteiger partial charge is 0.383 e. The third-order valence-electron chi connectivity index (χ3n) is 4.73. The van der Waals surface area contributed by atoms with Crippen molar-refractivity contribution < 1.29 is 4.74 Å². The normalized spacial score (nSPS) is 21.1. The first kappa shape index (κ1) is 18.9. The van der Waals surface area contributed by atoms with E-state index in [1.54, 1.807) is 0 Å². The monoisotopic (exact) mass is 298 g/mol. The Hall–Kier alpha value is -0.120. The van der Waals surface area contributed by atoms with Crippen LogP contribution in [0.1, 0.15) is 58.8 Å². The van der Waals surface area contributed by atoms with Crippen molar-refractivity contribution in [2.75, 3.05) is 46.4 Å². The quantitative estimate of drug-likeness (QED) is 0.468. The highest BCUT2D eigenvalue weighted by molar-refractivity contribution is 4.88. The number of hydrogen-bond donors (Lipinski definition) is 1. The lowest BCUT2D eigenvalue weighted by Gasteiger charge is -2.22. The molecule has 1 N–H and O–H groups in total. The maximum absolute atomic E-state index is 5.26. The van der Waals surface area contributed by atoms with Crippen LogP contribution in [-0.2, 0) is 4.74 Å². The Balaban J connectivity index is 2.08. The van der Waals surface area contributed by atoms with E-state index in [0.29, 0.717) is 0 Å². The van der Waals surface area contributed by atoms with Crippen molar-refractivity contribution in [2.45, 2.75) is 58.8 Å². The predicted octanol–water partition coefficient (Wildman–Crippen LogP) is 3.54.